The van der Waals surface area contributed by atoms with Crippen molar-refractivity contribution in [3.8, 4) is 0 Å². The van der Waals surface area contributed by atoms with E-state index in [9.17, 15) is 13.2 Å². The van der Waals surface area contributed by atoms with Gasteiger partial charge in [-0.1, -0.05) is 6.07 Å². The van der Waals surface area contributed by atoms with E-state index in [4.69, 9.17) is 0 Å². The number of carbonyl (C=O) groups excluding carboxylic acids is 1. The lowest BCUT2D eigenvalue weighted by Crippen LogP contribution is -2.49. The molecule has 10 nitrogen and oxygen atoms in total. The molecule has 5 heterocycles. The zero-order chi connectivity index (χ0) is 24.9. The summed E-state index contributed by atoms with van der Waals surface area (Å²) in [5.74, 6) is 2.85. The number of aromatic nitrogens is 3. The lowest BCUT2D eigenvalue weighted by molar-refractivity contribution is -0.118. The number of pyridine rings is 1. The van der Waals surface area contributed by atoms with Crippen LogP contribution in [0.4, 0.5) is 23.1 Å². The molecular weight excluding hydrogens is 478 g/mol. The van der Waals surface area contributed by atoms with Gasteiger partial charge in [-0.15, -0.1) is 0 Å². The topological polar surface area (TPSA) is 112 Å². The minimum atomic E-state index is -3.64. The van der Waals surface area contributed by atoms with Crippen LogP contribution < -0.4 is 15.1 Å². The van der Waals surface area contributed by atoms with E-state index in [0.717, 1.165) is 22.6 Å². The highest BCUT2D eigenvalue weighted by Crippen LogP contribution is 2.39. The van der Waals surface area contributed by atoms with Crippen molar-refractivity contribution in [3.63, 3.8) is 0 Å². The Balaban J connectivity index is 1.19. The maximum absolute atomic E-state index is 13.6. The van der Waals surface area contributed by atoms with E-state index in [-0.39, 0.29) is 5.91 Å². The number of nitrogens with zero attached hydrogens (tertiary/aromatic N) is 6. The molecule has 186 valence electrons. The van der Waals surface area contributed by atoms with Crippen LogP contribution in [0.25, 0.3) is 0 Å². The molecular formula is C25H27N7O3S. The van der Waals surface area contributed by atoms with Crippen molar-refractivity contribution in [2.75, 3.05) is 47.8 Å². The molecule has 0 saturated carbocycles. The van der Waals surface area contributed by atoms with Crippen LogP contribution >= 0.6 is 0 Å². The van der Waals surface area contributed by atoms with Crippen LogP contribution in [0.2, 0.25) is 0 Å². The molecule has 0 unspecified atom stereocenters. The first-order valence-electron chi connectivity index (χ1n) is 12.1. The quantitative estimate of drug-likeness (QED) is 0.562. The van der Waals surface area contributed by atoms with Crippen molar-refractivity contribution < 1.29 is 13.2 Å². The van der Waals surface area contributed by atoms with Crippen LogP contribution in [0.3, 0.4) is 0 Å². The normalized spacial score (nSPS) is 17.9. The Morgan fingerprint density at radius 2 is 1.67 bits per heavy atom. The maximum Gasteiger partial charge on any atom is 0.243 e. The Labute approximate surface area is 210 Å². The van der Waals surface area contributed by atoms with E-state index >= 15 is 0 Å². The van der Waals surface area contributed by atoms with Crippen LogP contribution in [-0.2, 0) is 27.7 Å². The van der Waals surface area contributed by atoms with Crippen molar-refractivity contribution in [1.82, 2.24) is 19.3 Å². The van der Waals surface area contributed by atoms with Gasteiger partial charge in [0.1, 0.15) is 23.3 Å². The van der Waals surface area contributed by atoms with Gasteiger partial charge in [0.25, 0.3) is 0 Å². The summed E-state index contributed by atoms with van der Waals surface area (Å²) in [5.41, 5.74) is 2.86. The smallest absolute Gasteiger partial charge is 0.243 e. The molecule has 0 spiro atoms. The van der Waals surface area contributed by atoms with Crippen molar-refractivity contribution in [1.29, 1.82) is 0 Å². The van der Waals surface area contributed by atoms with Crippen LogP contribution in [0, 0.1) is 6.92 Å². The molecule has 6 rings (SSSR count). The summed E-state index contributed by atoms with van der Waals surface area (Å²) in [6.45, 7) is 4.26. The summed E-state index contributed by atoms with van der Waals surface area (Å²) in [7, 11) is -3.64. The highest BCUT2D eigenvalue weighted by atomic mass is 32.2. The molecule has 11 heteroatoms. The molecule has 1 amide bonds. The Kier molecular flexibility index (Phi) is 5.60. The van der Waals surface area contributed by atoms with Gasteiger partial charge < -0.3 is 15.1 Å². The highest BCUT2D eigenvalue weighted by Gasteiger charge is 2.35. The van der Waals surface area contributed by atoms with E-state index in [0.29, 0.717) is 74.3 Å². The molecule has 1 aromatic carbocycles. The molecule has 3 aliphatic rings. The van der Waals surface area contributed by atoms with E-state index in [1.807, 2.05) is 36.1 Å². The first-order chi connectivity index (χ1) is 17.4. The largest absolute Gasteiger partial charge is 0.354 e. The second-order valence-corrected chi connectivity index (χ2v) is 11.2. The number of anilines is 4. The van der Waals surface area contributed by atoms with Gasteiger partial charge in [0.15, 0.2) is 0 Å². The van der Waals surface area contributed by atoms with E-state index < -0.39 is 10.0 Å². The summed E-state index contributed by atoms with van der Waals surface area (Å²) >= 11 is 0. The summed E-state index contributed by atoms with van der Waals surface area (Å²) < 4.78 is 28.7. The standard InChI is InChI=1S/C25H27N7O3S/c1-17-27-22(29-21-4-2-3-8-26-21)16-23(28-17)30-10-12-31(13-11-30)36(34,35)20-14-18-5-6-24(33)32-9-7-19(15-20)25(18)32/h2-4,8,14-16H,5-7,9-13H2,1H3,(H,26,27,28,29). The number of carbonyl (C=O) groups is 1. The molecule has 1 saturated heterocycles. The van der Waals surface area contributed by atoms with E-state index in [2.05, 4.69) is 25.2 Å². The molecule has 3 aromatic rings. The zero-order valence-corrected chi connectivity index (χ0v) is 20.8. The number of hydrogen-bond acceptors (Lipinski definition) is 8. The fraction of sp³-hybridized carbons (Fsp3) is 0.360. The van der Waals surface area contributed by atoms with Gasteiger partial charge in [-0.3, -0.25) is 4.79 Å². The molecule has 1 fully saturated rings. The summed E-state index contributed by atoms with van der Waals surface area (Å²) in [6.07, 6.45) is 3.44. The summed E-state index contributed by atoms with van der Waals surface area (Å²) in [5, 5.41) is 3.20. The lowest BCUT2D eigenvalue weighted by Gasteiger charge is -2.35. The summed E-state index contributed by atoms with van der Waals surface area (Å²) in [4.78, 5) is 29.8. The number of aryl methyl sites for hydroxylation is 2. The van der Waals surface area contributed by atoms with Gasteiger partial charge in [0, 0.05) is 51.4 Å². The molecule has 0 radical (unpaired) electrons. The average molecular weight is 506 g/mol. The molecule has 3 aliphatic heterocycles. The Morgan fingerprint density at radius 3 is 2.42 bits per heavy atom. The molecule has 1 N–H and O–H groups in total. The molecule has 0 bridgehead atoms. The minimum Gasteiger partial charge on any atom is -0.354 e. The van der Waals surface area contributed by atoms with Crippen molar-refractivity contribution in [3.05, 3.63) is 59.5 Å². The fourth-order valence-electron chi connectivity index (χ4n) is 5.23. The number of rotatable bonds is 5. The SMILES string of the molecule is Cc1nc(Nc2ccccn2)cc(N2CCN(S(=O)(=O)c3cc4c5c(c3)CCN5C(=O)CC4)CC2)n1. The van der Waals surface area contributed by atoms with Gasteiger partial charge in [-0.05, 0) is 55.2 Å². The molecule has 0 aliphatic carbocycles. The minimum absolute atomic E-state index is 0.131. The van der Waals surface area contributed by atoms with Crippen LogP contribution in [0.15, 0.2) is 47.5 Å². The third-order valence-electron chi connectivity index (χ3n) is 6.97. The van der Waals surface area contributed by atoms with Gasteiger partial charge >= 0.3 is 0 Å². The monoisotopic (exact) mass is 505 g/mol. The second kappa shape index (κ2) is 8.82. The number of benzene rings is 1. The van der Waals surface area contributed by atoms with E-state index in [1.54, 1.807) is 22.6 Å². The number of nitrogens with one attached hydrogen (secondary N) is 1. The van der Waals surface area contributed by atoms with Gasteiger partial charge in [-0.25, -0.2) is 23.4 Å². The van der Waals surface area contributed by atoms with Crippen molar-refractivity contribution in [2.24, 2.45) is 0 Å². The molecule has 0 atom stereocenters. The highest BCUT2D eigenvalue weighted by molar-refractivity contribution is 7.89. The van der Waals surface area contributed by atoms with Crippen LogP contribution in [0.1, 0.15) is 23.4 Å². The number of sulfonamides is 1. The Morgan fingerprint density at radius 1 is 0.889 bits per heavy atom. The van der Waals surface area contributed by atoms with Gasteiger partial charge in [-0.2, -0.15) is 4.31 Å². The van der Waals surface area contributed by atoms with Gasteiger partial charge in [0.05, 0.1) is 10.6 Å². The van der Waals surface area contributed by atoms with E-state index in [1.165, 1.54) is 0 Å². The fourth-order valence-corrected chi connectivity index (χ4v) is 6.75. The van der Waals surface area contributed by atoms with Crippen molar-refractivity contribution >= 4 is 39.1 Å². The molecule has 2 aromatic heterocycles. The Hall–Kier alpha value is -3.57. The first-order valence-corrected chi connectivity index (χ1v) is 13.6. The van der Waals surface area contributed by atoms with Crippen molar-refractivity contribution in [2.45, 2.75) is 31.1 Å². The first kappa shape index (κ1) is 22.9. The predicted molar refractivity (Wildman–Crippen MR) is 136 cm³/mol. The number of piperazine rings is 1. The average Bonchev–Trinajstić information content (AvgIpc) is 3.32. The Bertz CT molecular complexity index is 1440. The van der Waals surface area contributed by atoms with Crippen LogP contribution in [0.5, 0.6) is 0 Å². The lowest BCUT2D eigenvalue weighted by atomic mass is 10.00. The second-order valence-electron chi connectivity index (χ2n) is 9.28. The van der Waals surface area contributed by atoms with Crippen LogP contribution in [-0.4, -0.2) is 66.3 Å². The third kappa shape index (κ3) is 4.07. The summed E-state index contributed by atoms with van der Waals surface area (Å²) in [6, 6.07) is 11.0. The predicted octanol–water partition coefficient (Wildman–Crippen LogP) is 2.27. The molecule has 36 heavy (non-hydrogen) atoms. The maximum atomic E-state index is 13.6. The zero-order valence-electron chi connectivity index (χ0n) is 20.0. The van der Waals surface area contributed by atoms with Gasteiger partial charge in [0.2, 0.25) is 15.9 Å². The third-order valence-corrected chi connectivity index (χ3v) is 8.85. The number of amides is 1. The number of hydrogen-bond donors (Lipinski definition) is 1.